The largest absolute Gasteiger partial charge is 0.394 e. The van der Waals surface area contributed by atoms with E-state index in [1.807, 2.05) is 6.92 Å². The van der Waals surface area contributed by atoms with Crippen molar-refractivity contribution in [1.82, 2.24) is 10.2 Å². The summed E-state index contributed by atoms with van der Waals surface area (Å²) in [6.45, 7) is 2.69. The Morgan fingerprint density at radius 3 is 2.94 bits per heavy atom. The van der Waals surface area contributed by atoms with Gasteiger partial charge in [0.2, 0.25) is 11.8 Å². The summed E-state index contributed by atoms with van der Waals surface area (Å²) in [5.41, 5.74) is 0. The van der Waals surface area contributed by atoms with Crippen molar-refractivity contribution in [3.05, 3.63) is 0 Å². The van der Waals surface area contributed by atoms with Crippen LogP contribution >= 0.6 is 0 Å². The molecule has 3 atom stereocenters. The van der Waals surface area contributed by atoms with Gasteiger partial charge < -0.3 is 20.1 Å². The fraction of sp³-hybridized carbons (Fsp3) is 0.818. The normalized spacial score (nSPS) is 33.6. The maximum absolute atomic E-state index is 12.1. The number of carbonyl (C=O) groups is 2. The molecule has 6 nitrogen and oxygen atoms in total. The van der Waals surface area contributed by atoms with Crippen LogP contribution in [0.1, 0.15) is 19.8 Å². The molecule has 96 valence electrons. The molecular formula is C11H18N2O4. The van der Waals surface area contributed by atoms with Crippen LogP contribution in [-0.2, 0) is 14.3 Å². The van der Waals surface area contributed by atoms with Crippen LogP contribution in [0.5, 0.6) is 0 Å². The molecule has 2 fully saturated rings. The molecule has 17 heavy (non-hydrogen) atoms. The highest BCUT2D eigenvalue weighted by Crippen LogP contribution is 2.15. The third-order valence-corrected chi connectivity index (χ3v) is 3.13. The zero-order valence-corrected chi connectivity index (χ0v) is 9.89. The maximum atomic E-state index is 12.1. The Morgan fingerprint density at radius 1 is 1.59 bits per heavy atom. The van der Waals surface area contributed by atoms with Gasteiger partial charge in [-0.25, -0.2) is 0 Å². The van der Waals surface area contributed by atoms with Crippen LogP contribution in [0.4, 0.5) is 0 Å². The van der Waals surface area contributed by atoms with Gasteiger partial charge in [0.15, 0.2) is 0 Å². The number of aliphatic hydroxyl groups is 1. The van der Waals surface area contributed by atoms with Gasteiger partial charge in [-0.15, -0.1) is 0 Å². The third-order valence-electron chi connectivity index (χ3n) is 3.13. The third kappa shape index (κ3) is 2.76. The average molecular weight is 242 g/mol. The van der Waals surface area contributed by atoms with E-state index < -0.39 is 6.04 Å². The highest BCUT2D eigenvalue weighted by molar-refractivity contribution is 5.90. The Morgan fingerprint density at radius 2 is 2.35 bits per heavy atom. The minimum atomic E-state index is -0.396. The maximum Gasteiger partial charge on any atom is 0.245 e. The van der Waals surface area contributed by atoms with Crippen LogP contribution in [0.3, 0.4) is 0 Å². The van der Waals surface area contributed by atoms with Gasteiger partial charge in [0.1, 0.15) is 6.04 Å². The Bertz CT molecular complexity index is 321. The van der Waals surface area contributed by atoms with Crippen molar-refractivity contribution < 1.29 is 19.4 Å². The molecule has 0 bridgehead atoms. The molecule has 2 heterocycles. The number of hydrogen-bond donors (Lipinski definition) is 2. The molecule has 2 unspecified atom stereocenters. The summed E-state index contributed by atoms with van der Waals surface area (Å²) >= 11 is 0. The zero-order valence-electron chi connectivity index (χ0n) is 9.89. The molecule has 2 aliphatic rings. The fourth-order valence-corrected chi connectivity index (χ4v) is 2.35. The number of aliphatic hydroxyl groups excluding tert-OH is 1. The Kier molecular flexibility index (Phi) is 3.63. The summed E-state index contributed by atoms with van der Waals surface area (Å²) in [4.78, 5) is 24.9. The molecule has 0 spiro atoms. The zero-order chi connectivity index (χ0) is 12.4. The predicted octanol–water partition coefficient (Wildman–Crippen LogP) is -1.13. The van der Waals surface area contributed by atoms with Gasteiger partial charge in [-0.2, -0.15) is 0 Å². The Balaban J connectivity index is 1.96. The van der Waals surface area contributed by atoms with E-state index in [1.54, 1.807) is 4.90 Å². The van der Waals surface area contributed by atoms with Gasteiger partial charge in [0.25, 0.3) is 0 Å². The van der Waals surface area contributed by atoms with Crippen molar-refractivity contribution in [2.45, 2.75) is 38.0 Å². The van der Waals surface area contributed by atoms with Crippen molar-refractivity contribution in [2.75, 3.05) is 19.7 Å². The average Bonchev–Trinajstić information content (AvgIpc) is 2.74. The molecule has 2 saturated heterocycles. The number of carbonyl (C=O) groups excluding carboxylic acids is 2. The van der Waals surface area contributed by atoms with Crippen molar-refractivity contribution in [1.29, 1.82) is 0 Å². The molecule has 6 heteroatoms. The van der Waals surface area contributed by atoms with Gasteiger partial charge >= 0.3 is 0 Å². The van der Waals surface area contributed by atoms with E-state index in [0.717, 1.165) is 0 Å². The van der Waals surface area contributed by atoms with Crippen molar-refractivity contribution in [2.24, 2.45) is 0 Å². The lowest BCUT2D eigenvalue weighted by Gasteiger charge is -2.37. The van der Waals surface area contributed by atoms with Gasteiger partial charge in [-0.3, -0.25) is 9.59 Å². The van der Waals surface area contributed by atoms with E-state index in [2.05, 4.69) is 5.32 Å². The van der Waals surface area contributed by atoms with E-state index in [4.69, 9.17) is 9.84 Å². The summed E-state index contributed by atoms with van der Waals surface area (Å²) in [6.07, 6.45) is 0.578. The quantitative estimate of drug-likeness (QED) is 0.642. The number of ether oxygens (including phenoxy) is 1. The minimum absolute atomic E-state index is 0.0653. The molecule has 0 aromatic carbocycles. The molecular weight excluding hydrogens is 224 g/mol. The predicted molar refractivity (Wildman–Crippen MR) is 59.2 cm³/mol. The van der Waals surface area contributed by atoms with Gasteiger partial charge in [-0.05, 0) is 13.3 Å². The van der Waals surface area contributed by atoms with Crippen molar-refractivity contribution >= 4 is 11.8 Å². The molecule has 2 aliphatic heterocycles. The topological polar surface area (TPSA) is 78.9 Å². The lowest BCUT2D eigenvalue weighted by molar-refractivity contribution is -0.149. The highest BCUT2D eigenvalue weighted by Gasteiger charge is 2.34. The number of morpholine rings is 1. The van der Waals surface area contributed by atoms with Gasteiger partial charge in [0, 0.05) is 19.5 Å². The Hall–Kier alpha value is -1.14. The summed E-state index contributed by atoms with van der Waals surface area (Å²) < 4.78 is 5.47. The smallest absolute Gasteiger partial charge is 0.245 e. The molecule has 0 radical (unpaired) electrons. The highest BCUT2D eigenvalue weighted by atomic mass is 16.5. The van der Waals surface area contributed by atoms with E-state index in [9.17, 15) is 9.59 Å². The molecule has 2 rings (SSSR count). The van der Waals surface area contributed by atoms with Crippen LogP contribution in [0.15, 0.2) is 0 Å². The monoisotopic (exact) mass is 242 g/mol. The second-order valence-corrected chi connectivity index (χ2v) is 4.65. The molecule has 0 aromatic heterocycles. The van der Waals surface area contributed by atoms with Crippen LogP contribution in [0.2, 0.25) is 0 Å². The van der Waals surface area contributed by atoms with E-state index in [1.165, 1.54) is 0 Å². The molecule has 2 amide bonds. The first kappa shape index (κ1) is 12.3. The van der Waals surface area contributed by atoms with Crippen LogP contribution in [0.25, 0.3) is 0 Å². The van der Waals surface area contributed by atoms with Crippen LogP contribution in [0, 0.1) is 0 Å². The first-order valence-corrected chi connectivity index (χ1v) is 5.94. The number of nitrogens with one attached hydrogen (secondary N) is 1. The standard InChI is InChI=1S/C11H18N2O4/c1-7-4-13(5-8(6-14)17-7)11(16)9-2-3-10(15)12-9/h7-9,14H,2-6H2,1H3,(H,12,15)/t7?,8?,9-/m1/s1. The molecule has 0 saturated carbocycles. The number of hydrogen-bond acceptors (Lipinski definition) is 4. The number of nitrogens with zero attached hydrogens (tertiary/aromatic N) is 1. The number of amides is 2. The summed E-state index contributed by atoms with van der Waals surface area (Å²) in [5, 5.41) is 11.7. The van der Waals surface area contributed by atoms with Crippen LogP contribution in [-0.4, -0.2) is 59.8 Å². The second-order valence-electron chi connectivity index (χ2n) is 4.65. The molecule has 0 aromatic rings. The summed E-state index contributed by atoms with van der Waals surface area (Å²) in [5.74, 6) is -0.132. The first-order chi connectivity index (χ1) is 8.10. The van der Waals surface area contributed by atoms with E-state index in [-0.39, 0.29) is 30.6 Å². The van der Waals surface area contributed by atoms with E-state index in [0.29, 0.717) is 25.9 Å². The lowest BCUT2D eigenvalue weighted by Crippen LogP contribution is -2.54. The first-order valence-electron chi connectivity index (χ1n) is 5.94. The van der Waals surface area contributed by atoms with Crippen molar-refractivity contribution in [3.63, 3.8) is 0 Å². The van der Waals surface area contributed by atoms with E-state index >= 15 is 0 Å². The lowest BCUT2D eigenvalue weighted by atomic mass is 10.1. The van der Waals surface area contributed by atoms with Crippen molar-refractivity contribution in [3.8, 4) is 0 Å². The fourth-order valence-electron chi connectivity index (χ4n) is 2.35. The van der Waals surface area contributed by atoms with Gasteiger partial charge in [-0.1, -0.05) is 0 Å². The molecule has 2 N–H and O–H groups in total. The second kappa shape index (κ2) is 5.01. The Labute approximate surface area is 99.9 Å². The van der Waals surface area contributed by atoms with Crippen LogP contribution < -0.4 is 5.32 Å². The summed E-state index contributed by atoms with van der Waals surface area (Å²) in [6, 6.07) is -0.396. The summed E-state index contributed by atoms with van der Waals surface area (Å²) in [7, 11) is 0. The molecule has 0 aliphatic carbocycles. The minimum Gasteiger partial charge on any atom is -0.394 e. The van der Waals surface area contributed by atoms with Gasteiger partial charge in [0.05, 0.1) is 18.8 Å². The number of rotatable bonds is 2. The SMILES string of the molecule is CC1CN(C(=O)[C@H]2CCC(=O)N2)CC(CO)O1.